The molecule has 0 N–H and O–H groups in total. The number of carbonyl (C=O) groups excluding carboxylic acids is 1. The van der Waals surface area contributed by atoms with E-state index in [1.807, 2.05) is 17.0 Å². The van der Waals surface area contributed by atoms with Gasteiger partial charge in [-0.2, -0.15) is 0 Å². The fourth-order valence-corrected chi connectivity index (χ4v) is 4.11. The summed E-state index contributed by atoms with van der Waals surface area (Å²) in [5.41, 5.74) is 1.65. The average molecular weight is 396 g/mol. The molecule has 3 heterocycles. The molecule has 29 heavy (non-hydrogen) atoms. The fraction of sp³-hybridized carbons (Fsp3) is 0.500. The van der Waals surface area contributed by atoms with Gasteiger partial charge in [0.15, 0.2) is 0 Å². The summed E-state index contributed by atoms with van der Waals surface area (Å²) in [6.45, 7) is 7.15. The second-order valence-electron chi connectivity index (χ2n) is 7.91. The highest BCUT2D eigenvalue weighted by Gasteiger charge is 2.25. The van der Waals surface area contributed by atoms with Crippen LogP contribution >= 0.6 is 0 Å². The number of hydrogen-bond donors (Lipinski definition) is 0. The number of methoxy groups -OCH3 is 1. The highest BCUT2D eigenvalue weighted by Crippen LogP contribution is 2.22. The third-order valence-corrected chi connectivity index (χ3v) is 5.81. The van der Waals surface area contributed by atoms with Gasteiger partial charge in [-0.05, 0) is 49.1 Å². The monoisotopic (exact) mass is 395 g/mol. The summed E-state index contributed by atoms with van der Waals surface area (Å²) in [5.74, 6) is 2.16. The molecule has 0 spiro atoms. The first kappa shape index (κ1) is 19.5. The highest BCUT2D eigenvalue weighted by atomic mass is 16.5. The molecule has 154 valence electrons. The van der Waals surface area contributed by atoms with Crippen LogP contribution in [0.15, 0.2) is 36.5 Å². The zero-order valence-corrected chi connectivity index (χ0v) is 17.3. The van der Waals surface area contributed by atoms with E-state index >= 15 is 0 Å². The Labute approximate surface area is 172 Å². The maximum absolute atomic E-state index is 13.0. The zero-order valence-electron chi connectivity index (χ0n) is 17.3. The second kappa shape index (κ2) is 8.68. The molecule has 4 rings (SSSR count). The summed E-state index contributed by atoms with van der Waals surface area (Å²) in [4.78, 5) is 28.4. The largest absolute Gasteiger partial charge is 0.497 e. The van der Waals surface area contributed by atoms with Crippen LogP contribution in [0.4, 0.5) is 11.6 Å². The van der Waals surface area contributed by atoms with Crippen LogP contribution in [0.2, 0.25) is 0 Å². The molecule has 1 aromatic carbocycles. The molecule has 2 fully saturated rings. The number of nitrogens with zero attached hydrogens (tertiary/aromatic N) is 5. The fourth-order valence-electron chi connectivity index (χ4n) is 4.11. The van der Waals surface area contributed by atoms with Gasteiger partial charge in [-0.3, -0.25) is 4.79 Å². The van der Waals surface area contributed by atoms with E-state index in [0.29, 0.717) is 30.6 Å². The molecule has 0 radical (unpaired) electrons. The van der Waals surface area contributed by atoms with E-state index < -0.39 is 0 Å². The Morgan fingerprint density at radius 1 is 1.03 bits per heavy atom. The Bertz CT molecular complexity index is 833. The summed E-state index contributed by atoms with van der Waals surface area (Å²) in [7, 11) is 1.67. The molecular formula is C22H29N5O2. The van der Waals surface area contributed by atoms with E-state index in [1.165, 1.54) is 6.42 Å². The molecule has 7 heteroatoms. The number of anilines is 2. The molecule has 2 aliphatic heterocycles. The summed E-state index contributed by atoms with van der Waals surface area (Å²) < 4.78 is 5.23. The van der Waals surface area contributed by atoms with Crippen molar-refractivity contribution in [1.29, 1.82) is 0 Å². The number of piperazine rings is 1. The molecule has 2 aliphatic rings. The van der Waals surface area contributed by atoms with Crippen LogP contribution in [-0.4, -0.2) is 67.2 Å². The first-order valence-corrected chi connectivity index (χ1v) is 10.4. The van der Waals surface area contributed by atoms with Crippen LogP contribution in [0.1, 0.15) is 30.3 Å². The van der Waals surface area contributed by atoms with Crippen molar-refractivity contribution < 1.29 is 9.53 Å². The summed E-state index contributed by atoms with van der Waals surface area (Å²) in [6, 6.07) is 9.79. The highest BCUT2D eigenvalue weighted by molar-refractivity contribution is 5.92. The van der Waals surface area contributed by atoms with Gasteiger partial charge in [0.05, 0.1) is 7.11 Å². The van der Waals surface area contributed by atoms with E-state index in [0.717, 1.165) is 44.0 Å². The minimum Gasteiger partial charge on any atom is -0.497 e. The number of carbonyl (C=O) groups is 1. The summed E-state index contributed by atoms with van der Waals surface area (Å²) >= 11 is 0. The smallest absolute Gasteiger partial charge is 0.272 e. The van der Waals surface area contributed by atoms with Gasteiger partial charge in [0.1, 0.15) is 11.4 Å². The number of hydrogen-bond acceptors (Lipinski definition) is 6. The van der Waals surface area contributed by atoms with Crippen LogP contribution in [0.25, 0.3) is 0 Å². The second-order valence-corrected chi connectivity index (χ2v) is 7.91. The minimum atomic E-state index is -0.00640. The van der Waals surface area contributed by atoms with Gasteiger partial charge in [-0.1, -0.05) is 6.92 Å². The number of piperidine rings is 1. The molecule has 0 bridgehead atoms. The molecule has 2 aromatic rings. The average Bonchev–Trinajstić information content (AvgIpc) is 2.79. The molecule has 1 amide bonds. The Hall–Kier alpha value is -2.83. The molecule has 0 aliphatic carbocycles. The normalized spacial score (nSPS) is 19.9. The SMILES string of the molecule is COc1ccc(N2CCN(C(=O)c3ccnc(N4CCCC(C)C4)n3)CC2)cc1. The first-order valence-electron chi connectivity index (χ1n) is 10.4. The summed E-state index contributed by atoms with van der Waals surface area (Å²) in [5, 5.41) is 0. The van der Waals surface area contributed by atoms with Crippen molar-refractivity contribution >= 4 is 17.5 Å². The number of rotatable bonds is 4. The first-order chi connectivity index (χ1) is 14.1. The number of benzene rings is 1. The number of aromatic nitrogens is 2. The molecule has 2 saturated heterocycles. The van der Waals surface area contributed by atoms with E-state index in [4.69, 9.17) is 4.74 Å². The van der Waals surface area contributed by atoms with Crippen LogP contribution in [-0.2, 0) is 0 Å². The Kier molecular flexibility index (Phi) is 5.83. The molecule has 7 nitrogen and oxygen atoms in total. The van der Waals surface area contributed by atoms with Crippen LogP contribution < -0.4 is 14.5 Å². The third-order valence-electron chi connectivity index (χ3n) is 5.81. The van der Waals surface area contributed by atoms with Crippen LogP contribution in [0, 0.1) is 5.92 Å². The number of ether oxygens (including phenoxy) is 1. The van der Waals surface area contributed by atoms with E-state index in [9.17, 15) is 4.79 Å². The Balaban J connectivity index is 1.38. The van der Waals surface area contributed by atoms with E-state index in [2.05, 4.69) is 38.8 Å². The van der Waals surface area contributed by atoms with Crippen molar-refractivity contribution in [3.05, 3.63) is 42.2 Å². The molecule has 1 aromatic heterocycles. The van der Waals surface area contributed by atoms with Gasteiger partial charge in [0.25, 0.3) is 5.91 Å². The summed E-state index contributed by atoms with van der Waals surface area (Å²) in [6.07, 6.45) is 4.10. The lowest BCUT2D eigenvalue weighted by atomic mass is 10.0. The van der Waals surface area contributed by atoms with Crippen molar-refractivity contribution in [2.45, 2.75) is 19.8 Å². The van der Waals surface area contributed by atoms with Gasteiger partial charge >= 0.3 is 0 Å². The molecule has 1 unspecified atom stereocenters. The van der Waals surface area contributed by atoms with Gasteiger partial charge in [0, 0.05) is 51.2 Å². The predicted octanol–water partition coefficient (Wildman–Crippen LogP) is 2.68. The van der Waals surface area contributed by atoms with Crippen molar-refractivity contribution in [2.75, 3.05) is 56.2 Å². The third kappa shape index (κ3) is 4.44. The van der Waals surface area contributed by atoms with Crippen LogP contribution in [0.3, 0.4) is 0 Å². The van der Waals surface area contributed by atoms with Crippen molar-refractivity contribution in [2.24, 2.45) is 5.92 Å². The Morgan fingerprint density at radius 2 is 1.79 bits per heavy atom. The van der Waals surface area contributed by atoms with Crippen molar-refractivity contribution in [1.82, 2.24) is 14.9 Å². The lowest BCUT2D eigenvalue weighted by molar-refractivity contribution is 0.0740. The molecule has 1 atom stereocenters. The maximum atomic E-state index is 13.0. The zero-order chi connectivity index (χ0) is 20.2. The standard InChI is InChI=1S/C22H29N5O2/c1-17-4-3-11-27(16-17)22-23-10-9-20(24-22)21(28)26-14-12-25(13-15-26)18-5-7-19(29-2)8-6-18/h5-10,17H,3-4,11-16H2,1-2H3. The maximum Gasteiger partial charge on any atom is 0.272 e. The van der Waals surface area contributed by atoms with Crippen molar-refractivity contribution in [3.8, 4) is 5.75 Å². The van der Waals surface area contributed by atoms with E-state index in [-0.39, 0.29) is 5.91 Å². The van der Waals surface area contributed by atoms with Gasteiger partial charge in [0.2, 0.25) is 5.95 Å². The van der Waals surface area contributed by atoms with Crippen LogP contribution in [0.5, 0.6) is 5.75 Å². The molecular weight excluding hydrogens is 366 g/mol. The Morgan fingerprint density at radius 3 is 2.48 bits per heavy atom. The van der Waals surface area contributed by atoms with E-state index in [1.54, 1.807) is 19.4 Å². The predicted molar refractivity (Wildman–Crippen MR) is 114 cm³/mol. The topological polar surface area (TPSA) is 61.8 Å². The minimum absolute atomic E-state index is 0.00640. The van der Waals surface area contributed by atoms with Crippen molar-refractivity contribution in [3.63, 3.8) is 0 Å². The molecule has 0 saturated carbocycles. The van der Waals surface area contributed by atoms with Gasteiger partial charge in [-0.15, -0.1) is 0 Å². The lowest BCUT2D eigenvalue weighted by Gasteiger charge is -2.36. The van der Waals surface area contributed by atoms with Gasteiger partial charge < -0.3 is 19.4 Å². The quantitative estimate of drug-likeness (QED) is 0.793. The lowest BCUT2D eigenvalue weighted by Crippen LogP contribution is -2.49. The number of amides is 1. The van der Waals surface area contributed by atoms with Gasteiger partial charge in [-0.25, -0.2) is 9.97 Å².